The number of nitrogens with one attached hydrogen (secondary N) is 2. The molecule has 8 nitrogen and oxygen atoms in total. The summed E-state index contributed by atoms with van der Waals surface area (Å²) in [6, 6.07) is 0.760. The van der Waals surface area contributed by atoms with Gasteiger partial charge in [0, 0.05) is 17.8 Å². The van der Waals surface area contributed by atoms with Gasteiger partial charge in [0.05, 0.1) is 13.5 Å². The molecule has 114 valence electrons. The highest BCUT2D eigenvalue weighted by Gasteiger charge is 2.33. The van der Waals surface area contributed by atoms with E-state index in [2.05, 4.69) is 20.6 Å². The first-order valence-corrected chi connectivity index (χ1v) is 6.67. The van der Waals surface area contributed by atoms with Crippen LogP contribution in [0.25, 0.3) is 0 Å². The highest BCUT2D eigenvalue weighted by molar-refractivity contribution is 5.88. The predicted molar refractivity (Wildman–Crippen MR) is 74.2 cm³/mol. The van der Waals surface area contributed by atoms with Crippen molar-refractivity contribution >= 4 is 17.9 Å². The molecule has 0 bridgehead atoms. The average molecular weight is 294 g/mol. The number of aromatic nitrogens is 2. The summed E-state index contributed by atoms with van der Waals surface area (Å²) in [6.45, 7) is 1.75. The number of urea groups is 1. The van der Waals surface area contributed by atoms with Crippen LogP contribution >= 0.6 is 0 Å². The molecule has 1 aliphatic rings. The molecule has 1 heterocycles. The van der Waals surface area contributed by atoms with E-state index < -0.39 is 12.0 Å². The molecular formula is C13H18N4O4. The lowest BCUT2D eigenvalue weighted by atomic mass is 10.1. The second-order valence-corrected chi connectivity index (χ2v) is 5.02. The number of ether oxygens (including phenoxy) is 1. The van der Waals surface area contributed by atoms with Crippen molar-refractivity contribution in [1.29, 1.82) is 0 Å². The molecule has 1 unspecified atom stereocenters. The largest absolute Gasteiger partial charge is 0.481 e. The third kappa shape index (κ3) is 4.59. The van der Waals surface area contributed by atoms with Crippen molar-refractivity contribution in [2.75, 3.05) is 12.4 Å². The van der Waals surface area contributed by atoms with E-state index >= 15 is 0 Å². The van der Waals surface area contributed by atoms with Gasteiger partial charge in [0.2, 0.25) is 11.8 Å². The topological polar surface area (TPSA) is 113 Å². The minimum atomic E-state index is -0.930. The van der Waals surface area contributed by atoms with E-state index in [0.29, 0.717) is 11.6 Å². The number of rotatable bonds is 6. The van der Waals surface area contributed by atoms with Gasteiger partial charge in [0.25, 0.3) is 0 Å². The molecule has 1 fully saturated rings. The van der Waals surface area contributed by atoms with Crippen molar-refractivity contribution < 1.29 is 19.4 Å². The third-order valence-corrected chi connectivity index (χ3v) is 3.17. The minimum Gasteiger partial charge on any atom is -0.481 e. The summed E-state index contributed by atoms with van der Waals surface area (Å²) in [5, 5.41) is 14.0. The van der Waals surface area contributed by atoms with Crippen LogP contribution in [0.3, 0.4) is 0 Å². The van der Waals surface area contributed by atoms with Crippen molar-refractivity contribution in [3.63, 3.8) is 0 Å². The van der Waals surface area contributed by atoms with Gasteiger partial charge in [-0.2, -0.15) is 4.98 Å². The maximum atomic E-state index is 11.9. The molecule has 0 radical (unpaired) electrons. The van der Waals surface area contributed by atoms with Gasteiger partial charge >= 0.3 is 12.0 Å². The van der Waals surface area contributed by atoms with Gasteiger partial charge < -0.3 is 15.2 Å². The number of aliphatic carboxylic acids is 1. The molecule has 0 aliphatic heterocycles. The van der Waals surface area contributed by atoms with Crippen molar-refractivity contribution in [1.82, 2.24) is 15.3 Å². The summed E-state index contributed by atoms with van der Waals surface area (Å²) in [5.41, 5.74) is 0.654. The predicted octanol–water partition coefficient (Wildman–Crippen LogP) is 1.17. The maximum Gasteiger partial charge on any atom is 0.321 e. The first-order valence-electron chi connectivity index (χ1n) is 6.67. The highest BCUT2D eigenvalue weighted by Crippen LogP contribution is 2.34. The molecule has 1 saturated carbocycles. The maximum absolute atomic E-state index is 11.9. The summed E-state index contributed by atoms with van der Waals surface area (Å²) >= 11 is 0. The normalized spacial score (nSPS) is 15.1. The zero-order valence-corrected chi connectivity index (χ0v) is 11.9. The summed E-state index contributed by atoms with van der Waals surface area (Å²) in [4.78, 5) is 30.8. The Labute approximate surface area is 121 Å². The quantitative estimate of drug-likeness (QED) is 0.725. The Morgan fingerprint density at radius 3 is 2.76 bits per heavy atom. The van der Waals surface area contributed by atoms with Gasteiger partial charge in [0.15, 0.2) is 0 Å². The zero-order chi connectivity index (χ0) is 15.4. The van der Waals surface area contributed by atoms with Gasteiger partial charge in [-0.15, -0.1) is 0 Å². The minimum absolute atomic E-state index is 0.0872. The van der Waals surface area contributed by atoms with E-state index in [-0.39, 0.29) is 24.3 Å². The van der Waals surface area contributed by atoms with Crippen molar-refractivity contribution in [3.8, 4) is 5.88 Å². The molecule has 21 heavy (non-hydrogen) atoms. The van der Waals surface area contributed by atoms with E-state index in [1.54, 1.807) is 13.0 Å². The second-order valence-electron chi connectivity index (χ2n) is 5.02. The van der Waals surface area contributed by atoms with Gasteiger partial charge in [-0.3, -0.25) is 10.1 Å². The smallest absolute Gasteiger partial charge is 0.321 e. The Hall–Kier alpha value is -2.38. The van der Waals surface area contributed by atoms with Crippen LogP contribution in [-0.2, 0) is 4.79 Å². The first-order chi connectivity index (χ1) is 9.97. The lowest BCUT2D eigenvalue weighted by Crippen LogP contribution is -2.41. The summed E-state index contributed by atoms with van der Waals surface area (Å²) < 4.78 is 5.00. The van der Waals surface area contributed by atoms with E-state index in [1.165, 1.54) is 7.11 Å². The molecule has 1 atom stereocenters. The Morgan fingerprint density at radius 2 is 2.19 bits per heavy atom. The highest BCUT2D eigenvalue weighted by atomic mass is 16.5. The number of nitrogens with zero attached hydrogens (tertiary/aromatic N) is 2. The molecule has 1 aromatic rings. The van der Waals surface area contributed by atoms with E-state index in [9.17, 15) is 9.59 Å². The van der Waals surface area contributed by atoms with E-state index in [1.807, 2.05) is 0 Å². The molecule has 0 saturated heterocycles. The zero-order valence-electron chi connectivity index (χ0n) is 11.9. The number of hydrogen-bond acceptors (Lipinski definition) is 5. The van der Waals surface area contributed by atoms with Gasteiger partial charge in [-0.25, -0.2) is 9.78 Å². The third-order valence-electron chi connectivity index (χ3n) is 3.17. The van der Waals surface area contributed by atoms with Crippen LogP contribution in [0.5, 0.6) is 5.88 Å². The van der Waals surface area contributed by atoms with Gasteiger partial charge in [-0.05, 0) is 25.7 Å². The monoisotopic (exact) mass is 294 g/mol. The number of carbonyl (C=O) groups excluding carboxylic acids is 1. The van der Waals surface area contributed by atoms with Gasteiger partial charge in [-0.1, -0.05) is 0 Å². The van der Waals surface area contributed by atoms with Crippen LogP contribution in [0.1, 0.15) is 25.0 Å². The van der Waals surface area contributed by atoms with E-state index in [0.717, 1.165) is 12.8 Å². The SMILES string of the molecule is COc1cc(C)nc(NC(=O)NC(CC(=O)O)C2CC2)n1. The van der Waals surface area contributed by atoms with Crippen molar-refractivity contribution in [2.24, 2.45) is 5.92 Å². The fourth-order valence-electron chi connectivity index (χ4n) is 2.03. The summed E-state index contributed by atoms with van der Waals surface area (Å²) in [7, 11) is 1.47. The number of methoxy groups -OCH3 is 1. The van der Waals surface area contributed by atoms with Crippen molar-refractivity contribution in [2.45, 2.75) is 32.2 Å². The van der Waals surface area contributed by atoms with Crippen LogP contribution in [0.2, 0.25) is 0 Å². The van der Waals surface area contributed by atoms with Crippen LogP contribution in [0.15, 0.2) is 6.07 Å². The fourth-order valence-corrected chi connectivity index (χ4v) is 2.03. The van der Waals surface area contributed by atoms with Crippen LogP contribution < -0.4 is 15.4 Å². The molecule has 2 rings (SSSR count). The molecule has 3 N–H and O–H groups in total. The lowest BCUT2D eigenvalue weighted by molar-refractivity contribution is -0.137. The molecular weight excluding hydrogens is 276 g/mol. The Bertz CT molecular complexity index is 545. The number of carboxylic acid groups (broad SMARTS) is 1. The Balaban J connectivity index is 1.97. The number of carbonyl (C=O) groups is 2. The molecule has 1 aliphatic carbocycles. The van der Waals surface area contributed by atoms with Crippen LogP contribution in [0.4, 0.5) is 10.7 Å². The van der Waals surface area contributed by atoms with Crippen molar-refractivity contribution in [3.05, 3.63) is 11.8 Å². The number of hydrogen-bond donors (Lipinski definition) is 3. The molecule has 8 heteroatoms. The Kier molecular flexibility index (Phi) is 4.56. The molecule has 1 aromatic heterocycles. The molecule has 0 aromatic carbocycles. The summed E-state index contributed by atoms with van der Waals surface area (Å²) in [5.74, 6) is -0.225. The molecule has 2 amide bonds. The number of aryl methyl sites for hydroxylation is 1. The number of amides is 2. The molecule has 0 spiro atoms. The average Bonchev–Trinajstić information content (AvgIpc) is 3.20. The first kappa shape index (κ1) is 15.0. The second kappa shape index (κ2) is 6.38. The summed E-state index contributed by atoms with van der Waals surface area (Å²) in [6.07, 6.45) is 1.79. The van der Waals surface area contributed by atoms with Crippen LogP contribution in [-0.4, -0.2) is 40.2 Å². The van der Waals surface area contributed by atoms with E-state index in [4.69, 9.17) is 9.84 Å². The Morgan fingerprint density at radius 1 is 1.48 bits per heavy atom. The fraction of sp³-hybridized carbons (Fsp3) is 0.538. The number of carboxylic acids is 1. The van der Waals surface area contributed by atoms with Crippen LogP contribution in [0, 0.1) is 12.8 Å². The number of anilines is 1. The standard InChI is InChI=1S/C13H18N4O4/c1-7-5-10(21-2)16-12(14-7)17-13(20)15-9(6-11(18)19)8-3-4-8/h5,8-9H,3-4,6H2,1-2H3,(H,18,19)(H2,14,15,16,17,20). The van der Waals surface area contributed by atoms with Gasteiger partial charge in [0.1, 0.15) is 0 Å². The lowest BCUT2D eigenvalue weighted by Gasteiger charge is -2.16.